The summed E-state index contributed by atoms with van der Waals surface area (Å²) >= 11 is 0. The van der Waals surface area contributed by atoms with Crippen LogP contribution in [0.4, 0.5) is 0 Å². The molecule has 3 heteroatoms. The van der Waals surface area contributed by atoms with Crippen LogP contribution < -0.4 is 5.32 Å². The van der Waals surface area contributed by atoms with Gasteiger partial charge in [0.25, 0.3) is 0 Å². The van der Waals surface area contributed by atoms with Crippen LogP contribution in [0.5, 0.6) is 0 Å². The van der Waals surface area contributed by atoms with Crippen molar-refractivity contribution in [2.24, 2.45) is 11.8 Å². The largest absolute Gasteiger partial charge is 0.396 e. The van der Waals surface area contributed by atoms with Gasteiger partial charge in [-0.05, 0) is 29.9 Å². The normalized spacial score (nSPS) is 23.6. The van der Waals surface area contributed by atoms with Gasteiger partial charge in [-0.3, -0.25) is 4.79 Å². The van der Waals surface area contributed by atoms with Gasteiger partial charge in [0.05, 0.1) is 0 Å². The molecule has 0 heterocycles. The van der Waals surface area contributed by atoms with Crippen LogP contribution in [0.2, 0.25) is 0 Å². The number of rotatable bonds is 2. The molecule has 1 aliphatic carbocycles. The Labute approximate surface area is 95.5 Å². The second-order valence-electron chi connectivity index (χ2n) is 4.34. The van der Waals surface area contributed by atoms with Crippen molar-refractivity contribution in [1.82, 2.24) is 5.32 Å². The summed E-state index contributed by atoms with van der Waals surface area (Å²) in [4.78, 5) is 11.7. The van der Waals surface area contributed by atoms with Gasteiger partial charge in [-0.15, -0.1) is 0 Å². The van der Waals surface area contributed by atoms with Crippen molar-refractivity contribution in [3.8, 4) is 0 Å². The van der Waals surface area contributed by atoms with E-state index in [1.54, 1.807) is 7.05 Å². The molecule has 2 atom stereocenters. The lowest BCUT2D eigenvalue weighted by atomic mass is 9.76. The molecule has 0 aromatic heterocycles. The van der Waals surface area contributed by atoms with Gasteiger partial charge in [0.15, 0.2) is 0 Å². The third-order valence-corrected chi connectivity index (χ3v) is 3.43. The van der Waals surface area contributed by atoms with Crippen LogP contribution >= 0.6 is 0 Å². The van der Waals surface area contributed by atoms with Crippen molar-refractivity contribution in [2.75, 3.05) is 13.7 Å². The average molecular weight is 219 g/mol. The molecule has 2 unspecified atom stereocenters. The smallest absolute Gasteiger partial charge is 0.223 e. The molecule has 2 rings (SSSR count). The van der Waals surface area contributed by atoms with E-state index in [4.69, 9.17) is 0 Å². The van der Waals surface area contributed by atoms with E-state index in [2.05, 4.69) is 17.4 Å². The van der Waals surface area contributed by atoms with Gasteiger partial charge in [-0.25, -0.2) is 0 Å². The van der Waals surface area contributed by atoms with Gasteiger partial charge in [0.2, 0.25) is 5.91 Å². The highest BCUT2D eigenvalue weighted by molar-refractivity contribution is 5.79. The van der Waals surface area contributed by atoms with Crippen LogP contribution in [0.3, 0.4) is 0 Å². The third kappa shape index (κ3) is 1.95. The quantitative estimate of drug-likeness (QED) is 0.771. The van der Waals surface area contributed by atoms with Gasteiger partial charge in [-0.1, -0.05) is 24.3 Å². The zero-order valence-corrected chi connectivity index (χ0v) is 9.44. The highest BCUT2D eigenvalue weighted by Gasteiger charge is 2.32. The molecule has 0 aliphatic heterocycles. The summed E-state index contributed by atoms with van der Waals surface area (Å²) in [6, 6.07) is 8.16. The first kappa shape index (κ1) is 11.1. The van der Waals surface area contributed by atoms with Gasteiger partial charge in [0.1, 0.15) is 0 Å². The van der Waals surface area contributed by atoms with E-state index in [1.807, 2.05) is 12.1 Å². The van der Waals surface area contributed by atoms with Gasteiger partial charge < -0.3 is 10.4 Å². The molecule has 3 nitrogen and oxygen atoms in total. The van der Waals surface area contributed by atoms with E-state index in [1.165, 1.54) is 11.1 Å². The van der Waals surface area contributed by atoms with E-state index in [9.17, 15) is 9.90 Å². The topological polar surface area (TPSA) is 49.3 Å². The number of benzene rings is 1. The fourth-order valence-electron chi connectivity index (χ4n) is 2.47. The molecule has 2 N–H and O–H groups in total. The van der Waals surface area contributed by atoms with Crippen molar-refractivity contribution in [2.45, 2.75) is 12.8 Å². The molecule has 1 amide bonds. The summed E-state index contributed by atoms with van der Waals surface area (Å²) in [5.74, 6) is -0.00620. The van der Waals surface area contributed by atoms with Crippen molar-refractivity contribution < 1.29 is 9.90 Å². The van der Waals surface area contributed by atoms with Crippen LogP contribution in [-0.2, 0) is 17.6 Å². The minimum absolute atomic E-state index is 0.0357. The number of aliphatic hydroxyl groups is 1. The molecule has 0 fully saturated rings. The second-order valence-corrected chi connectivity index (χ2v) is 4.34. The van der Waals surface area contributed by atoms with Crippen molar-refractivity contribution >= 4 is 5.91 Å². The Bertz CT molecular complexity index is 389. The monoisotopic (exact) mass is 219 g/mol. The van der Waals surface area contributed by atoms with Crippen molar-refractivity contribution in [1.29, 1.82) is 0 Å². The van der Waals surface area contributed by atoms with Gasteiger partial charge in [0, 0.05) is 19.6 Å². The molecule has 0 radical (unpaired) electrons. The predicted octanol–water partition coefficient (Wildman–Crippen LogP) is 0.756. The lowest BCUT2D eigenvalue weighted by molar-refractivity contribution is -0.127. The molecule has 86 valence electrons. The summed E-state index contributed by atoms with van der Waals surface area (Å²) in [5, 5.41) is 12.0. The number of amides is 1. The Kier molecular flexibility index (Phi) is 3.25. The zero-order chi connectivity index (χ0) is 11.5. The zero-order valence-electron chi connectivity index (χ0n) is 9.44. The van der Waals surface area contributed by atoms with Crippen LogP contribution in [0.15, 0.2) is 24.3 Å². The minimum Gasteiger partial charge on any atom is -0.396 e. The standard InChI is InChI=1S/C13H17NO2/c1-14-13(16)12-7-10-5-3-2-4-9(10)6-11(12)8-15/h2-5,11-12,15H,6-8H2,1H3,(H,14,16). The molecule has 1 aromatic carbocycles. The molecule has 0 bridgehead atoms. The van der Waals surface area contributed by atoms with E-state index in [0.717, 1.165) is 12.8 Å². The summed E-state index contributed by atoms with van der Waals surface area (Å²) in [6.07, 6.45) is 1.53. The molecular formula is C13H17NO2. The Morgan fingerprint density at radius 1 is 1.38 bits per heavy atom. The lowest BCUT2D eigenvalue weighted by Gasteiger charge is -2.30. The Hall–Kier alpha value is -1.35. The Morgan fingerprint density at radius 3 is 2.56 bits per heavy atom. The molecule has 0 saturated carbocycles. The molecule has 1 aliphatic rings. The molecule has 0 saturated heterocycles. The van der Waals surface area contributed by atoms with E-state index >= 15 is 0 Å². The fourth-order valence-corrected chi connectivity index (χ4v) is 2.47. The number of fused-ring (bicyclic) bond motifs is 1. The third-order valence-electron chi connectivity index (χ3n) is 3.43. The molecular weight excluding hydrogens is 202 g/mol. The fraction of sp³-hybridized carbons (Fsp3) is 0.462. The first-order chi connectivity index (χ1) is 7.76. The lowest BCUT2D eigenvalue weighted by Crippen LogP contribution is -2.39. The average Bonchev–Trinajstić information content (AvgIpc) is 2.36. The molecule has 1 aromatic rings. The maximum atomic E-state index is 11.7. The van der Waals surface area contributed by atoms with E-state index in [0.29, 0.717) is 0 Å². The Morgan fingerprint density at radius 2 is 2.00 bits per heavy atom. The summed E-state index contributed by atoms with van der Waals surface area (Å²) in [7, 11) is 1.65. The highest BCUT2D eigenvalue weighted by Crippen LogP contribution is 2.30. The number of aliphatic hydroxyl groups excluding tert-OH is 1. The first-order valence-electron chi connectivity index (χ1n) is 5.65. The summed E-state index contributed by atoms with van der Waals surface area (Å²) in [6.45, 7) is 0.0758. The SMILES string of the molecule is CNC(=O)C1Cc2ccccc2CC1CO. The number of carbonyl (C=O) groups excluding carboxylic acids is 1. The maximum absolute atomic E-state index is 11.7. The van der Waals surface area contributed by atoms with Crippen LogP contribution in [-0.4, -0.2) is 24.7 Å². The van der Waals surface area contributed by atoms with Crippen LogP contribution in [0.25, 0.3) is 0 Å². The summed E-state index contributed by atoms with van der Waals surface area (Å²) < 4.78 is 0. The van der Waals surface area contributed by atoms with Crippen LogP contribution in [0.1, 0.15) is 11.1 Å². The highest BCUT2D eigenvalue weighted by atomic mass is 16.3. The van der Waals surface area contributed by atoms with Crippen molar-refractivity contribution in [3.05, 3.63) is 35.4 Å². The molecule has 0 spiro atoms. The van der Waals surface area contributed by atoms with Crippen LogP contribution in [0, 0.1) is 11.8 Å². The van der Waals surface area contributed by atoms with E-state index < -0.39 is 0 Å². The predicted molar refractivity (Wildman–Crippen MR) is 62.0 cm³/mol. The Balaban J connectivity index is 2.27. The minimum atomic E-state index is -0.0927. The second kappa shape index (κ2) is 4.66. The number of hydrogen-bond acceptors (Lipinski definition) is 2. The number of hydrogen-bond donors (Lipinski definition) is 2. The van der Waals surface area contributed by atoms with Crippen molar-refractivity contribution in [3.63, 3.8) is 0 Å². The van der Waals surface area contributed by atoms with E-state index in [-0.39, 0.29) is 24.3 Å². The number of nitrogens with one attached hydrogen (secondary N) is 1. The summed E-state index contributed by atoms with van der Waals surface area (Å²) in [5.41, 5.74) is 2.50. The maximum Gasteiger partial charge on any atom is 0.223 e. The first-order valence-corrected chi connectivity index (χ1v) is 5.65. The number of carbonyl (C=O) groups is 1. The molecule has 16 heavy (non-hydrogen) atoms. The van der Waals surface area contributed by atoms with Gasteiger partial charge >= 0.3 is 0 Å². The van der Waals surface area contributed by atoms with Gasteiger partial charge in [-0.2, -0.15) is 0 Å².